The molecule has 0 aromatic rings. The Morgan fingerprint density at radius 2 is 2.25 bits per heavy atom. The molecule has 0 spiro atoms. The molecule has 70 valence electrons. The molecule has 0 radical (unpaired) electrons. The van der Waals surface area contributed by atoms with Crippen molar-refractivity contribution in [2.75, 3.05) is 6.61 Å². The summed E-state index contributed by atoms with van der Waals surface area (Å²) in [4.78, 5) is 10.8. The third-order valence-corrected chi connectivity index (χ3v) is 2.21. The van der Waals surface area contributed by atoms with Gasteiger partial charge in [-0.3, -0.25) is 4.79 Å². The van der Waals surface area contributed by atoms with Crippen molar-refractivity contribution in [1.29, 1.82) is 0 Å². The second kappa shape index (κ2) is 3.44. The normalized spacial score (nSPS) is 29.3. The third-order valence-electron chi connectivity index (χ3n) is 2.21. The van der Waals surface area contributed by atoms with Crippen molar-refractivity contribution in [2.24, 2.45) is 5.92 Å². The summed E-state index contributed by atoms with van der Waals surface area (Å²) in [7, 11) is 0. The second-order valence-electron chi connectivity index (χ2n) is 3.51. The molecular weight excluding hydrogens is 156 g/mol. The molecule has 1 fully saturated rings. The van der Waals surface area contributed by atoms with E-state index in [4.69, 9.17) is 9.47 Å². The van der Waals surface area contributed by atoms with Crippen LogP contribution in [0.15, 0.2) is 0 Å². The largest absolute Gasteiger partial charge is 0.433 e. The zero-order valence-electron chi connectivity index (χ0n) is 7.92. The lowest BCUT2D eigenvalue weighted by Crippen LogP contribution is -2.38. The fraction of sp³-hybridized carbons (Fsp3) is 0.889. The van der Waals surface area contributed by atoms with E-state index in [2.05, 4.69) is 0 Å². The van der Waals surface area contributed by atoms with Gasteiger partial charge in [0.05, 0.1) is 6.61 Å². The van der Waals surface area contributed by atoms with Crippen LogP contribution in [0.1, 0.15) is 33.6 Å². The Labute approximate surface area is 73.0 Å². The lowest BCUT2D eigenvalue weighted by molar-refractivity contribution is -0.229. The maximum Gasteiger partial charge on any atom is 0.305 e. The average molecular weight is 172 g/mol. The van der Waals surface area contributed by atoms with Crippen molar-refractivity contribution in [1.82, 2.24) is 0 Å². The SMILES string of the molecule is CC(=O)OC1(C(C)C)CCCO1. The van der Waals surface area contributed by atoms with Crippen LogP contribution < -0.4 is 0 Å². The van der Waals surface area contributed by atoms with Crippen LogP contribution in [-0.2, 0) is 14.3 Å². The molecule has 1 saturated heterocycles. The highest BCUT2D eigenvalue weighted by atomic mass is 16.7. The molecule has 1 atom stereocenters. The van der Waals surface area contributed by atoms with Gasteiger partial charge in [-0.25, -0.2) is 0 Å². The van der Waals surface area contributed by atoms with Gasteiger partial charge in [-0.05, 0) is 6.42 Å². The van der Waals surface area contributed by atoms with E-state index in [-0.39, 0.29) is 11.9 Å². The number of ether oxygens (including phenoxy) is 2. The van der Waals surface area contributed by atoms with Gasteiger partial charge < -0.3 is 9.47 Å². The van der Waals surface area contributed by atoms with Crippen LogP contribution in [0.2, 0.25) is 0 Å². The Bertz CT molecular complexity index is 169. The van der Waals surface area contributed by atoms with Gasteiger partial charge in [-0.2, -0.15) is 0 Å². The highest BCUT2D eigenvalue weighted by Gasteiger charge is 2.41. The molecule has 1 heterocycles. The molecule has 3 nitrogen and oxygen atoms in total. The smallest absolute Gasteiger partial charge is 0.305 e. The molecule has 1 rings (SSSR count). The van der Waals surface area contributed by atoms with E-state index in [1.807, 2.05) is 13.8 Å². The monoisotopic (exact) mass is 172 g/mol. The van der Waals surface area contributed by atoms with Gasteiger partial charge in [0, 0.05) is 19.3 Å². The summed E-state index contributed by atoms with van der Waals surface area (Å²) in [5.74, 6) is -0.666. The summed E-state index contributed by atoms with van der Waals surface area (Å²) in [6.45, 7) is 6.14. The Hall–Kier alpha value is -0.570. The van der Waals surface area contributed by atoms with Crippen LogP contribution in [0, 0.1) is 5.92 Å². The molecular formula is C9H16O3. The molecule has 1 unspecified atom stereocenters. The summed E-state index contributed by atoms with van der Waals surface area (Å²) in [5.41, 5.74) is 0. The number of carbonyl (C=O) groups is 1. The highest BCUT2D eigenvalue weighted by molar-refractivity contribution is 5.66. The minimum Gasteiger partial charge on any atom is -0.433 e. The Kier molecular flexibility index (Phi) is 2.73. The molecule has 0 aromatic carbocycles. The highest BCUT2D eigenvalue weighted by Crippen LogP contribution is 2.34. The molecule has 0 bridgehead atoms. The molecule has 12 heavy (non-hydrogen) atoms. The predicted molar refractivity (Wildman–Crippen MR) is 44.5 cm³/mol. The van der Waals surface area contributed by atoms with Crippen LogP contribution in [0.3, 0.4) is 0 Å². The zero-order valence-corrected chi connectivity index (χ0v) is 7.92. The molecule has 1 aliphatic rings. The molecule has 1 aliphatic heterocycles. The van der Waals surface area contributed by atoms with Gasteiger partial charge in [0.2, 0.25) is 5.79 Å². The zero-order chi connectivity index (χ0) is 9.19. The standard InChI is InChI=1S/C9H16O3/c1-7(2)9(12-8(3)10)5-4-6-11-9/h7H,4-6H2,1-3H3. The molecule has 0 aromatic heterocycles. The number of hydrogen-bond donors (Lipinski definition) is 0. The van der Waals surface area contributed by atoms with Crippen molar-refractivity contribution in [3.05, 3.63) is 0 Å². The maximum atomic E-state index is 10.8. The van der Waals surface area contributed by atoms with Gasteiger partial charge >= 0.3 is 5.97 Å². The lowest BCUT2D eigenvalue weighted by atomic mass is 10.00. The first-order valence-electron chi connectivity index (χ1n) is 4.40. The van der Waals surface area contributed by atoms with Gasteiger partial charge in [-0.15, -0.1) is 0 Å². The van der Waals surface area contributed by atoms with Gasteiger partial charge in [0.1, 0.15) is 0 Å². The first kappa shape index (κ1) is 9.52. The van der Waals surface area contributed by atoms with E-state index >= 15 is 0 Å². The summed E-state index contributed by atoms with van der Waals surface area (Å²) in [6, 6.07) is 0. The van der Waals surface area contributed by atoms with Crippen LogP contribution in [-0.4, -0.2) is 18.4 Å². The first-order valence-corrected chi connectivity index (χ1v) is 4.40. The fourth-order valence-corrected chi connectivity index (χ4v) is 1.53. The number of esters is 1. The Morgan fingerprint density at radius 3 is 2.58 bits per heavy atom. The van der Waals surface area contributed by atoms with E-state index in [0.717, 1.165) is 12.8 Å². The minimum absolute atomic E-state index is 0.226. The van der Waals surface area contributed by atoms with Gasteiger partial charge in [0.15, 0.2) is 0 Å². The number of rotatable bonds is 2. The molecule has 0 aliphatic carbocycles. The van der Waals surface area contributed by atoms with Crippen molar-refractivity contribution >= 4 is 5.97 Å². The summed E-state index contributed by atoms with van der Waals surface area (Å²) >= 11 is 0. The molecule has 0 amide bonds. The van der Waals surface area contributed by atoms with E-state index in [1.165, 1.54) is 6.92 Å². The van der Waals surface area contributed by atoms with E-state index in [1.54, 1.807) is 0 Å². The average Bonchev–Trinajstić information content (AvgIpc) is 2.35. The summed E-state index contributed by atoms with van der Waals surface area (Å²) < 4.78 is 10.7. The van der Waals surface area contributed by atoms with Crippen molar-refractivity contribution in [2.45, 2.75) is 39.4 Å². The van der Waals surface area contributed by atoms with Crippen LogP contribution in [0.25, 0.3) is 0 Å². The number of hydrogen-bond acceptors (Lipinski definition) is 3. The molecule has 0 saturated carbocycles. The summed E-state index contributed by atoms with van der Waals surface area (Å²) in [5, 5.41) is 0. The third kappa shape index (κ3) is 1.78. The van der Waals surface area contributed by atoms with Crippen molar-refractivity contribution in [3.63, 3.8) is 0 Å². The summed E-state index contributed by atoms with van der Waals surface area (Å²) in [6.07, 6.45) is 1.80. The first-order chi connectivity index (χ1) is 5.57. The second-order valence-corrected chi connectivity index (χ2v) is 3.51. The Morgan fingerprint density at radius 1 is 1.58 bits per heavy atom. The fourth-order valence-electron chi connectivity index (χ4n) is 1.53. The van der Waals surface area contributed by atoms with Gasteiger partial charge in [0.25, 0.3) is 0 Å². The lowest BCUT2D eigenvalue weighted by Gasteiger charge is -2.31. The number of carbonyl (C=O) groups excluding carboxylic acids is 1. The quantitative estimate of drug-likeness (QED) is 0.595. The molecule has 3 heteroatoms. The van der Waals surface area contributed by atoms with Crippen molar-refractivity contribution < 1.29 is 14.3 Å². The minimum atomic E-state index is -0.633. The van der Waals surface area contributed by atoms with Crippen LogP contribution in [0.5, 0.6) is 0 Å². The van der Waals surface area contributed by atoms with E-state index < -0.39 is 5.79 Å². The predicted octanol–water partition coefficient (Wildman–Crippen LogP) is 1.71. The Balaban J connectivity index is 2.65. The van der Waals surface area contributed by atoms with Gasteiger partial charge in [-0.1, -0.05) is 13.8 Å². The molecule has 0 N–H and O–H groups in total. The van der Waals surface area contributed by atoms with E-state index in [9.17, 15) is 4.79 Å². The maximum absolute atomic E-state index is 10.8. The van der Waals surface area contributed by atoms with Crippen LogP contribution >= 0.6 is 0 Å². The van der Waals surface area contributed by atoms with E-state index in [0.29, 0.717) is 6.61 Å². The topological polar surface area (TPSA) is 35.5 Å². The van der Waals surface area contributed by atoms with Crippen LogP contribution in [0.4, 0.5) is 0 Å². The van der Waals surface area contributed by atoms with Crippen molar-refractivity contribution in [3.8, 4) is 0 Å².